The van der Waals surface area contributed by atoms with E-state index < -0.39 is 11.9 Å². The fourth-order valence-corrected chi connectivity index (χ4v) is 4.43. The standard InChI is InChI=1S/C24H26N2O6S/c1-5-31-22(28)14-26-18-9-8-16(23(29)32-6-2)12-20(18)33-24(26)25-21(27)13-17-11-15(3)7-10-19(17)30-4/h7-12H,5-6,13-14H2,1-4H3. The summed E-state index contributed by atoms with van der Waals surface area (Å²) in [6.07, 6.45) is 0.0482. The molecule has 0 spiro atoms. The molecular weight excluding hydrogens is 444 g/mol. The maximum atomic E-state index is 12.8. The minimum atomic E-state index is -0.444. The van der Waals surface area contributed by atoms with Gasteiger partial charge in [-0.15, -0.1) is 0 Å². The molecule has 0 radical (unpaired) electrons. The zero-order chi connectivity index (χ0) is 24.0. The number of hydrogen-bond donors (Lipinski definition) is 0. The Balaban J connectivity index is 2.04. The molecular formula is C24H26N2O6S. The van der Waals surface area contributed by atoms with Gasteiger partial charge in [0.15, 0.2) is 4.80 Å². The van der Waals surface area contributed by atoms with Crippen molar-refractivity contribution >= 4 is 39.4 Å². The first-order chi connectivity index (χ1) is 15.9. The van der Waals surface area contributed by atoms with E-state index in [2.05, 4.69) is 4.99 Å². The molecule has 33 heavy (non-hydrogen) atoms. The van der Waals surface area contributed by atoms with E-state index in [0.29, 0.717) is 26.3 Å². The Hall–Kier alpha value is -3.46. The van der Waals surface area contributed by atoms with Crippen LogP contribution in [0, 0.1) is 6.92 Å². The number of rotatable bonds is 8. The summed E-state index contributed by atoms with van der Waals surface area (Å²) >= 11 is 1.21. The molecule has 0 N–H and O–H groups in total. The molecule has 0 saturated carbocycles. The summed E-state index contributed by atoms with van der Waals surface area (Å²) in [5, 5.41) is 0. The van der Waals surface area contributed by atoms with Crippen molar-refractivity contribution in [1.82, 2.24) is 4.57 Å². The Labute approximate surface area is 195 Å². The van der Waals surface area contributed by atoms with Gasteiger partial charge in [0, 0.05) is 5.56 Å². The number of aryl methyl sites for hydroxylation is 1. The largest absolute Gasteiger partial charge is 0.496 e. The maximum absolute atomic E-state index is 12.8. The van der Waals surface area contributed by atoms with Crippen molar-refractivity contribution in [1.29, 1.82) is 0 Å². The number of carbonyl (C=O) groups excluding carboxylic acids is 3. The first-order valence-corrected chi connectivity index (χ1v) is 11.3. The van der Waals surface area contributed by atoms with Crippen LogP contribution in [0.3, 0.4) is 0 Å². The van der Waals surface area contributed by atoms with Crippen molar-refractivity contribution in [3.05, 3.63) is 57.9 Å². The molecule has 1 aromatic heterocycles. The Bertz CT molecular complexity index is 1260. The van der Waals surface area contributed by atoms with Crippen LogP contribution in [0.1, 0.15) is 35.3 Å². The Morgan fingerprint density at radius 1 is 1.03 bits per heavy atom. The number of thiazole rings is 1. The third kappa shape index (κ3) is 5.87. The average molecular weight is 471 g/mol. The van der Waals surface area contributed by atoms with Gasteiger partial charge < -0.3 is 18.8 Å². The zero-order valence-corrected chi connectivity index (χ0v) is 19.9. The van der Waals surface area contributed by atoms with E-state index in [4.69, 9.17) is 14.2 Å². The number of hydrogen-bond acceptors (Lipinski definition) is 7. The summed E-state index contributed by atoms with van der Waals surface area (Å²) in [6, 6.07) is 10.6. The predicted octanol–water partition coefficient (Wildman–Crippen LogP) is 3.43. The van der Waals surface area contributed by atoms with E-state index in [-0.39, 0.29) is 32.1 Å². The first-order valence-electron chi connectivity index (χ1n) is 10.5. The van der Waals surface area contributed by atoms with Crippen molar-refractivity contribution in [3.8, 4) is 5.75 Å². The molecule has 3 aromatic rings. The van der Waals surface area contributed by atoms with E-state index in [9.17, 15) is 14.4 Å². The quantitative estimate of drug-likeness (QED) is 0.468. The number of nitrogens with zero attached hydrogens (tertiary/aromatic N) is 2. The molecule has 0 aliphatic heterocycles. The van der Waals surface area contributed by atoms with Gasteiger partial charge in [-0.3, -0.25) is 9.59 Å². The lowest BCUT2D eigenvalue weighted by molar-refractivity contribution is -0.143. The van der Waals surface area contributed by atoms with Crippen molar-refractivity contribution in [2.24, 2.45) is 4.99 Å². The van der Waals surface area contributed by atoms with Gasteiger partial charge in [-0.05, 0) is 45.0 Å². The van der Waals surface area contributed by atoms with Crippen LogP contribution in [-0.2, 0) is 32.0 Å². The lowest BCUT2D eigenvalue weighted by Crippen LogP contribution is -2.23. The third-order valence-electron chi connectivity index (χ3n) is 4.78. The van der Waals surface area contributed by atoms with Crippen molar-refractivity contribution in [2.45, 2.75) is 33.7 Å². The number of ether oxygens (including phenoxy) is 3. The summed E-state index contributed by atoms with van der Waals surface area (Å²) in [5.41, 5.74) is 2.79. The fourth-order valence-electron chi connectivity index (χ4n) is 3.34. The predicted molar refractivity (Wildman–Crippen MR) is 124 cm³/mol. The third-order valence-corrected chi connectivity index (χ3v) is 5.83. The van der Waals surface area contributed by atoms with E-state index in [0.717, 1.165) is 11.1 Å². The second-order valence-corrected chi connectivity index (χ2v) is 8.19. The van der Waals surface area contributed by atoms with Crippen LogP contribution in [-0.4, -0.2) is 42.7 Å². The molecule has 0 bridgehead atoms. The van der Waals surface area contributed by atoms with Gasteiger partial charge >= 0.3 is 11.9 Å². The number of aromatic nitrogens is 1. The lowest BCUT2D eigenvalue weighted by Gasteiger charge is -2.08. The van der Waals surface area contributed by atoms with Crippen LogP contribution >= 0.6 is 11.3 Å². The summed E-state index contributed by atoms with van der Waals surface area (Å²) in [5.74, 6) is -0.653. The van der Waals surface area contributed by atoms with Gasteiger partial charge in [-0.25, -0.2) is 4.79 Å². The molecule has 0 atom stereocenters. The number of fused-ring (bicyclic) bond motifs is 1. The van der Waals surface area contributed by atoms with Crippen molar-refractivity contribution in [2.75, 3.05) is 20.3 Å². The monoisotopic (exact) mass is 470 g/mol. The van der Waals surface area contributed by atoms with Crippen LogP contribution in [0.4, 0.5) is 0 Å². The topological polar surface area (TPSA) is 96.2 Å². The van der Waals surface area contributed by atoms with Gasteiger partial charge in [0.05, 0.1) is 42.5 Å². The molecule has 0 aliphatic rings. The molecule has 1 amide bonds. The van der Waals surface area contributed by atoms with Gasteiger partial charge in [-0.1, -0.05) is 29.0 Å². The van der Waals surface area contributed by atoms with Crippen molar-refractivity contribution in [3.63, 3.8) is 0 Å². The Kier molecular flexibility index (Phi) is 8.00. The Morgan fingerprint density at radius 3 is 2.48 bits per heavy atom. The first kappa shape index (κ1) is 24.2. The minimum absolute atomic E-state index is 0.0482. The summed E-state index contributed by atoms with van der Waals surface area (Å²) in [7, 11) is 1.55. The molecule has 2 aromatic carbocycles. The van der Waals surface area contributed by atoms with Crippen molar-refractivity contribution < 1.29 is 28.6 Å². The molecule has 9 heteroatoms. The molecule has 0 unspecified atom stereocenters. The highest BCUT2D eigenvalue weighted by Crippen LogP contribution is 2.22. The molecule has 174 valence electrons. The molecule has 3 rings (SSSR count). The molecule has 1 heterocycles. The van der Waals surface area contributed by atoms with E-state index in [1.807, 2.05) is 25.1 Å². The fraction of sp³-hybridized carbons (Fsp3) is 0.333. The number of carbonyl (C=O) groups is 3. The highest BCUT2D eigenvalue weighted by Gasteiger charge is 2.16. The molecule has 0 aliphatic carbocycles. The van der Waals surface area contributed by atoms with Crippen LogP contribution in [0.2, 0.25) is 0 Å². The van der Waals surface area contributed by atoms with E-state index in [1.54, 1.807) is 43.7 Å². The normalized spacial score (nSPS) is 11.5. The highest BCUT2D eigenvalue weighted by molar-refractivity contribution is 7.16. The molecule has 0 saturated heterocycles. The van der Waals surface area contributed by atoms with Crippen LogP contribution in [0.5, 0.6) is 5.75 Å². The second kappa shape index (κ2) is 10.9. The lowest BCUT2D eigenvalue weighted by atomic mass is 10.1. The van der Waals surface area contributed by atoms with Gasteiger partial charge in [0.25, 0.3) is 5.91 Å². The van der Waals surface area contributed by atoms with E-state index in [1.165, 1.54) is 11.3 Å². The number of methoxy groups -OCH3 is 1. The summed E-state index contributed by atoms with van der Waals surface area (Å²) in [4.78, 5) is 41.8. The zero-order valence-electron chi connectivity index (χ0n) is 19.0. The van der Waals surface area contributed by atoms with Crippen LogP contribution in [0.15, 0.2) is 41.4 Å². The van der Waals surface area contributed by atoms with E-state index >= 15 is 0 Å². The summed E-state index contributed by atoms with van der Waals surface area (Å²) in [6.45, 7) is 5.80. The van der Waals surface area contributed by atoms with Crippen LogP contribution in [0.25, 0.3) is 10.2 Å². The Morgan fingerprint density at radius 2 is 1.79 bits per heavy atom. The van der Waals surface area contributed by atoms with Crippen LogP contribution < -0.4 is 9.54 Å². The van der Waals surface area contributed by atoms with Gasteiger partial charge in [0.1, 0.15) is 12.3 Å². The molecule has 0 fully saturated rings. The number of esters is 2. The SMILES string of the molecule is CCOC(=O)Cn1c(=NC(=O)Cc2cc(C)ccc2OC)sc2cc(C(=O)OCC)ccc21. The number of amides is 1. The summed E-state index contributed by atoms with van der Waals surface area (Å²) < 4.78 is 17.8. The second-order valence-electron chi connectivity index (χ2n) is 7.18. The maximum Gasteiger partial charge on any atom is 0.338 e. The highest BCUT2D eigenvalue weighted by atomic mass is 32.1. The average Bonchev–Trinajstić information content (AvgIpc) is 3.10. The minimum Gasteiger partial charge on any atom is -0.496 e. The number of benzene rings is 2. The van der Waals surface area contributed by atoms with Gasteiger partial charge in [0.2, 0.25) is 0 Å². The smallest absolute Gasteiger partial charge is 0.338 e. The molecule has 8 nitrogen and oxygen atoms in total. The van der Waals surface area contributed by atoms with Gasteiger partial charge in [-0.2, -0.15) is 4.99 Å².